The van der Waals surface area contributed by atoms with E-state index in [1.54, 1.807) is 0 Å². The molecule has 1 spiro atoms. The monoisotopic (exact) mass is 936 g/mol. The van der Waals surface area contributed by atoms with Gasteiger partial charge < -0.3 is 8.83 Å². The first-order valence-electron chi connectivity index (χ1n) is 24.8. The summed E-state index contributed by atoms with van der Waals surface area (Å²) < 4.78 is 15.9. The lowest BCUT2D eigenvalue weighted by atomic mass is 9.70. The van der Waals surface area contributed by atoms with Crippen molar-refractivity contribution in [3.63, 3.8) is 0 Å². The lowest BCUT2D eigenvalue weighted by molar-refractivity contribution is 0.667. The van der Waals surface area contributed by atoms with Crippen molar-refractivity contribution in [2.45, 2.75) is 18.3 Å². The Morgan fingerprint density at radius 2 is 0.972 bits per heavy atom. The van der Waals surface area contributed by atoms with E-state index in [1.165, 1.54) is 64.7 Å². The number of amidine groups is 1. The Balaban J connectivity index is 0.897. The highest BCUT2D eigenvalue weighted by molar-refractivity contribution is 7.25. The number of rotatable bonds is 4. The predicted octanol–water partition coefficient (Wildman–Crippen LogP) is 17.9. The second-order valence-corrected chi connectivity index (χ2v) is 20.4. The van der Waals surface area contributed by atoms with E-state index in [-0.39, 0.29) is 5.41 Å². The molecule has 2 aliphatic carbocycles. The van der Waals surface area contributed by atoms with Gasteiger partial charge in [-0.15, -0.1) is 11.3 Å². The van der Waals surface area contributed by atoms with E-state index in [2.05, 4.69) is 206 Å². The maximum atomic E-state index is 6.76. The molecule has 16 rings (SSSR count). The van der Waals surface area contributed by atoms with Gasteiger partial charge in [0.15, 0.2) is 5.84 Å². The molecular formula is C67H40N2O2S. The van der Waals surface area contributed by atoms with Gasteiger partial charge in [0, 0.05) is 58.4 Å². The summed E-state index contributed by atoms with van der Waals surface area (Å²) in [5.74, 6) is 0.635. The number of furan rings is 2. The van der Waals surface area contributed by atoms with Crippen LogP contribution in [0.5, 0.6) is 0 Å². The van der Waals surface area contributed by atoms with Crippen LogP contribution in [0.2, 0.25) is 0 Å². The molecule has 10 aromatic carbocycles. The highest BCUT2D eigenvalue weighted by Gasteiger charge is 2.51. The summed E-state index contributed by atoms with van der Waals surface area (Å²) in [4.78, 5) is 11.4. The SMILES string of the molecule is C1=C(c2cccc3c2oc2ccccc23)/N=C(c2cccc3oc4ccc(-c5ccc6c(c5)-c5ccccc5C65c6ccccc6-c6ccccc65)cc4c23)\N=C(\c2cccc3sc4ccccc4c23)CC\1. The number of hydrogen-bond acceptors (Lipinski definition) is 5. The summed E-state index contributed by atoms with van der Waals surface area (Å²) in [5.41, 5.74) is 20.5. The Bertz CT molecular complexity index is 4550. The molecule has 72 heavy (non-hydrogen) atoms. The molecule has 13 aromatic rings. The number of aliphatic imine (C=N–C) groups is 2. The van der Waals surface area contributed by atoms with Crippen LogP contribution in [0, 0.1) is 0 Å². The van der Waals surface area contributed by atoms with Crippen LogP contribution in [0.15, 0.2) is 237 Å². The average Bonchev–Trinajstić information content (AvgIpc) is 4.24. The molecule has 0 saturated heterocycles. The minimum atomic E-state index is -0.389. The third-order valence-electron chi connectivity index (χ3n) is 15.6. The molecule has 0 bridgehead atoms. The molecule has 0 N–H and O–H groups in total. The minimum absolute atomic E-state index is 0.389. The number of benzene rings is 10. The van der Waals surface area contributed by atoms with Crippen LogP contribution in [0.25, 0.3) is 103 Å². The van der Waals surface area contributed by atoms with Gasteiger partial charge in [0.25, 0.3) is 0 Å². The molecule has 0 atom stereocenters. The molecule has 5 heteroatoms. The summed E-state index contributed by atoms with van der Waals surface area (Å²) in [5, 5.41) is 6.67. The molecule has 4 heterocycles. The highest BCUT2D eigenvalue weighted by Crippen LogP contribution is 2.63. The van der Waals surface area contributed by atoms with Crippen LogP contribution in [0.4, 0.5) is 0 Å². The van der Waals surface area contributed by atoms with Crippen molar-refractivity contribution in [3.05, 3.63) is 257 Å². The van der Waals surface area contributed by atoms with E-state index in [0.29, 0.717) is 5.84 Å². The Morgan fingerprint density at radius 3 is 1.81 bits per heavy atom. The first kappa shape index (κ1) is 39.9. The fraction of sp³-hybridized carbons (Fsp3) is 0.0448. The van der Waals surface area contributed by atoms with E-state index >= 15 is 0 Å². The van der Waals surface area contributed by atoms with Gasteiger partial charge >= 0.3 is 0 Å². The smallest absolute Gasteiger partial charge is 0.160 e. The topological polar surface area (TPSA) is 51.0 Å². The maximum Gasteiger partial charge on any atom is 0.160 e. The molecule has 3 aliphatic rings. The molecule has 0 saturated carbocycles. The van der Waals surface area contributed by atoms with E-state index in [0.717, 1.165) is 95.9 Å². The maximum absolute atomic E-state index is 6.76. The molecule has 0 radical (unpaired) electrons. The Morgan fingerprint density at radius 1 is 0.389 bits per heavy atom. The van der Waals surface area contributed by atoms with E-state index < -0.39 is 0 Å². The van der Waals surface area contributed by atoms with Crippen molar-refractivity contribution in [2.24, 2.45) is 9.98 Å². The summed E-state index contributed by atoms with van der Waals surface area (Å²) in [6.07, 6.45) is 3.76. The summed E-state index contributed by atoms with van der Waals surface area (Å²) in [6.45, 7) is 0. The fourth-order valence-electron chi connectivity index (χ4n) is 12.6. The van der Waals surface area contributed by atoms with Crippen LogP contribution in [0.3, 0.4) is 0 Å². The molecule has 1 aliphatic heterocycles. The average molecular weight is 937 g/mol. The van der Waals surface area contributed by atoms with Crippen LogP contribution >= 0.6 is 11.3 Å². The Labute approximate surface area is 418 Å². The third-order valence-corrected chi connectivity index (χ3v) is 16.8. The zero-order chi connectivity index (χ0) is 47.1. The van der Waals surface area contributed by atoms with Crippen molar-refractivity contribution in [3.8, 4) is 33.4 Å². The zero-order valence-corrected chi connectivity index (χ0v) is 39.6. The standard InChI is InChI=1S/C67H40N2O2S/c1-6-24-52-41(15-1)42-16-2-7-25-53(42)67(52)54-26-8-3-17-43(54)50-37-39(33-35-55(50)67)40-34-36-59-51(38-40)63-49(23-12-30-60(63)70-59)66-68-56(46-21-13-32-62-64(46)48-19-5-10-31-61(48)72-62)27-14-28-57(69-66)47-22-11-20-45-44-18-4-9-29-58(44)71-65(45)47/h1-13,15-26,28-38H,14,27H2/b57-28-,68-56+,69-66-. The van der Waals surface area contributed by atoms with Crippen molar-refractivity contribution in [2.75, 3.05) is 0 Å². The minimum Gasteiger partial charge on any atom is -0.456 e. The predicted molar refractivity (Wildman–Crippen MR) is 299 cm³/mol. The quantitative estimate of drug-likeness (QED) is 0.177. The second-order valence-electron chi connectivity index (χ2n) is 19.3. The van der Waals surface area contributed by atoms with Gasteiger partial charge in [0.05, 0.1) is 16.8 Å². The van der Waals surface area contributed by atoms with Crippen LogP contribution < -0.4 is 0 Å². The van der Waals surface area contributed by atoms with Gasteiger partial charge in [-0.1, -0.05) is 170 Å². The van der Waals surface area contributed by atoms with Gasteiger partial charge in [-0.05, 0) is 117 Å². The van der Waals surface area contributed by atoms with E-state index in [9.17, 15) is 0 Å². The number of para-hydroxylation sites is 2. The summed E-state index contributed by atoms with van der Waals surface area (Å²) in [6, 6.07) is 77.0. The highest BCUT2D eigenvalue weighted by atomic mass is 32.1. The number of allylic oxidation sites excluding steroid dienone is 1. The van der Waals surface area contributed by atoms with Crippen molar-refractivity contribution in [1.29, 1.82) is 0 Å². The zero-order valence-electron chi connectivity index (χ0n) is 38.8. The van der Waals surface area contributed by atoms with E-state index in [4.69, 9.17) is 18.8 Å². The number of thiophene rings is 1. The van der Waals surface area contributed by atoms with Gasteiger partial charge in [-0.3, -0.25) is 0 Å². The fourth-order valence-corrected chi connectivity index (χ4v) is 13.8. The normalized spacial score (nSPS) is 16.8. The first-order valence-corrected chi connectivity index (χ1v) is 25.6. The molecule has 0 fully saturated rings. The molecule has 4 nitrogen and oxygen atoms in total. The van der Waals surface area contributed by atoms with Crippen molar-refractivity contribution in [1.82, 2.24) is 0 Å². The molecule has 336 valence electrons. The molecule has 3 aromatic heterocycles. The second kappa shape index (κ2) is 15.1. The van der Waals surface area contributed by atoms with Crippen LogP contribution in [0.1, 0.15) is 51.8 Å². The Hall–Kier alpha value is -8.90. The van der Waals surface area contributed by atoms with Crippen LogP contribution in [-0.2, 0) is 5.41 Å². The third kappa shape index (κ3) is 5.51. The summed E-state index contributed by atoms with van der Waals surface area (Å²) >= 11 is 1.83. The molecule has 0 unspecified atom stereocenters. The van der Waals surface area contributed by atoms with E-state index in [1.807, 2.05) is 23.5 Å². The Kier molecular flexibility index (Phi) is 8.34. The van der Waals surface area contributed by atoms with Crippen molar-refractivity contribution < 1.29 is 8.83 Å². The van der Waals surface area contributed by atoms with Crippen LogP contribution in [-0.4, -0.2) is 11.5 Å². The van der Waals surface area contributed by atoms with Gasteiger partial charge in [0.1, 0.15) is 22.3 Å². The number of fused-ring (bicyclic) bond motifs is 19. The molecule has 0 amide bonds. The largest absolute Gasteiger partial charge is 0.456 e. The van der Waals surface area contributed by atoms with Crippen molar-refractivity contribution >= 4 is 92.6 Å². The van der Waals surface area contributed by atoms with Gasteiger partial charge in [-0.25, -0.2) is 9.98 Å². The van der Waals surface area contributed by atoms with Gasteiger partial charge in [-0.2, -0.15) is 0 Å². The molecular weight excluding hydrogens is 897 g/mol. The number of hydrogen-bond donors (Lipinski definition) is 0. The summed E-state index contributed by atoms with van der Waals surface area (Å²) in [7, 11) is 0. The number of nitrogens with zero attached hydrogens (tertiary/aromatic N) is 2. The lowest BCUT2D eigenvalue weighted by Gasteiger charge is -2.30. The first-order chi connectivity index (χ1) is 35.7. The van der Waals surface area contributed by atoms with Gasteiger partial charge in [0.2, 0.25) is 0 Å². The lowest BCUT2D eigenvalue weighted by Crippen LogP contribution is -2.25.